The first-order valence-electron chi connectivity index (χ1n) is 7.58. The summed E-state index contributed by atoms with van der Waals surface area (Å²) in [5, 5.41) is 0. The van der Waals surface area contributed by atoms with Crippen LogP contribution in [0.2, 0.25) is 13.1 Å². The van der Waals surface area contributed by atoms with Crippen molar-refractivity contribution in [1.82, 2.24) is 0 Å². The van der Waals surface area contributed by atoms with Crippen molar-refractivity contribution in [3.8, 4) is 11.1 Å². The number of amides is 1. The second kappa shape index (κ2) is 14.9. The molecule has 2 nitrogen and oxygen atoms in total. The van der Waals surface area contributed by atoms with E-state index in [1.165, 1.54) is 22.3 Å². The van der Waals surface area contributed by atoms with E-state index < -0.39 is 26.8 Å². The average Bonchev–Trinajstić information content (AvgIpc) is 2.95. The second-order valence-electron chi connectivity index (χ2n) is 4.82. The Labute approximate surface area is 166 Å². The summed E-state index contributed by atoms with van der Waals surface area (Å²) >= 11 is -0.826. The molecule has 0 atom stereocenters. The van der Waals surface area contributed by atoms with Gasteiger partial charge < -0.3 is 10.5 Å². The molecular weight excluding hydrogens is 436 g/mol. The molecule has 0 saturated carbocycles. The fourth-order valence-corrected chi connectivity index (χ4v) is 2.00. The molecule has 24 heavy (non-hydrogen) atoms. The smallest absolute Gasteiger partial charge is 0.0253 e. The van der Waals surface area contributed by atoms with Gasteiger partial charge in [-0.25, -0.2) is 0 Å². The van der Waals surface area contributed by atoms with Gasteiger partial charge in [0.15, 0.2) is 0 Å². The zero-order chi connectivity index (χ0) is 18.4. The van der Waals surface area contributed by atoms with E-state index in [1.807, 2.05) is 6.07 Å². The van der Waals surface area contributed by atoms with Crippen molar-refractivity contribution in [1.29, 1.82) is 0 Å². The summed E-state index contributed by atoms with van der Waals surface area (Å²) < 4.78 is 0. The van der Waals surface area contributed by atoms with Crippen molar-refractivity contribution in [3.63, 3.8) is 0 Å². The number of benzene rings is 2. The Morgan fingerprint density at radius 2 is 1.71 bits per heavy atom. The molecule has 1 amide bonds. The number of hydrogen-bond acceptors (Lipinski definition) is 1. The number of fused-ring (bicyclic) bond motifs is 3. The number of carbonyl (C=O) groups is 1. The van der Waals surface area contributed by atoms with E-state index in [9.17, 15) is 4.79 Å². The molecule has 1 radical (unpaired) electrons. The number of rotatable bonds is 1. The largest absolute Gasteiger partial charge is 0.179 e. The maximum atomic E-state index is 9.48. The van der Waals surface area contributed by atoms with E-state index in [0.717, 1.165) is 15.9 Å². The number of carbonyl (C=O) groups excluding carboxylic acids is 1. The second-order valence-corrected chi connectivity index (χ2v) is 9.71. The molecule has 0 aliphatic heterocycles. The van der Waals surface area contributed by atoms with E-state index in [1.54, 1.807) is 6.92 Å². The molecule has 0 bridgehead atoms. The molecule has 0 heterocycles. The Morgan fingerprint density at radius 1 is 1.21 bits per heavy atom. The minimum absolute atomic E-state index is 0.333. The fraction of sp³-hybridized carbons (Fsp3) is 0.278. The average molecular weight is 459 g/mol. The Kier molecular flexibility index (Phi) is 14.6. The maximum absolute atomic E-state index is 9.48. The summed E-state index contributed by atoms with van der Waals surface area (Å²) in [5.74, 6) is -0.495. The Morgan fingerprint density at radius 3 is 2.25 bits per heavy atom. The standard InChI is InChI=1S/C13H9.C3H7NO.C2H7Si.2ClH.Zr/c1-3-7-12-10(5-1)9-11-6-2-4-8-13(11)12;1-2-3(4)5;1-3-2;;;/h1-5,7-8H,9H2;2H2,1H3,(H2,4,5);3H,1-2H3;2*1H;/q-1;;;;;+4/p-3. The van der Waals surface area contributed by atoms with Crippen LogP contribution in [0.15, 0.2) is 42.5 Å². The van der Waals surface area contributed by atoms with Crippen molar-refractivity contribution in [2.24, 2.45) is 0 Å². The Balaban J connectivity index is 0.000000406. The van der Waals surface area contributed by atoms with Crippen LogP contribution < -0.4 is 0 Å². The topological polar surface area (TPSA) is 40.9 Å². The van der Waals surface area contributed by atoms with Crippen LogP contribution in [0, 0.1) is 6.07 Å². The van der Waals surface area contributed by atoms with Gasteiger partial charge in [-0.3, -0.25) is 0 Å². The third-order valence-corrected chi connectivity index (χ3v) is 2.94. The van der Waals surface area contributed by atoms with Crippen LogP contribution >= 0.6 is 17.0 Å². The van der Waals surface area contributed by atoms with E-state index >= 15 is 0 Å². The maximum Gasteiger partial charge on any atom is -0.0253 e. The van der Waals surface area contributed by atoms with Crippen molar-refractivity contribution >= 4 is 32.5 Å². The molecule has 0 spiro atoms. The van der Waals surface area contributed by atoms with E-state index in [0.29, 0.717) is 6.42 Å². The molecule has 127 valence electrons. The zero-order valence-corrected chi connectivity index (χ0v) is 19.3. The number of hydrogen-bond donors (Lipinski definition) is 0. The third-order valence-electron chi connectivity index (χ3n) is 2.94. The van der Waals surface area contributed by atoms with Gasteiger partial charge in [-0.1, -0.05) is 55.4 Å². The SMILES string of the molecule is CCC([NH-])=O.C[SiH]C.[Cl][Zr+2][Cl].[c-]1cccc2c1Cc1ccccc1-2. The van der Waals surface area contributed by atoms with E-state index in [4.69, 9.17) is 22.8 Å². The van der Waals surface area contributed by atoms with Crippen LogP contribution in [-0.2, 0) is 32.1 Å². The molecule has 0 unspecified atom stereocenters. The minimum Gasteiger partial charge on any atom is -0.179 e. The molecule has 2 aromatic carbocycles. The van der Waals surface area contributed by atoms with Crippen LogP contribution in [0.4, 0.5) is 0 Å². The van der Waals surface area contributed by atoms with Gasteiger partial charge in [0.1, 0.15) is 0 Å². The fourth-order valence-electron chi connectivity index (χ4n) is 2.00. The zero-order valence-electron chi connectivity index (χ0n) is 14.2. The summed E-state index contributed by atoms with van der Waals surface area (Å²) in [7, 11) is 10.6. The van der Waals surface area contributed by atoms with Crippen LogP contribution in [0.3, 0.4) is 0 Å². The van der Waals surface area contributed by atoms with Crippen LogP contribution in [0.25, 0.3) is 16.9 Å². The summed E-state index contributed by atoms with van der Waals surface area (Å²) in [4.78, 5) is 9.48. The summed E-state index contributed by atoms with van der Waals surface area (Å²) in [6.07, 6.45) is 1.38. The van der Waals surface area contributed by atoms with Crippen LogP contribution in [0.1, 0.15) is 24.5 Å². The van der Waals surface area contributed by atoms with Crippen molar-refractivity contribution in [2.45, 2.75) is 32.9 Å². The van der Waals surface area contributed by atoms with Gasteiger partial charge in [0.2, 0.25) is 0 Å². The quantitative estimate of drug-likeness (QED) is 0.329. The summed E-state index contributed by atoms with van der Waals surface area (Å²) in [5.41, 5.74) is 11.7. The molecular formula is C18H22Cl2NOSiZr. The van der Waals surface area contributed by atoms with Crippen LogP contribution in [0.5, 0.6) is 0 Å². The molecule has 0 saturated heterocycles. The van der Waals surface area contributed by atoms with Gasteiger partial charge in [-0.15, -0.1) is 5.56 Å². The predicted octanol–water partition coefficient (Wildman–Crippen LogP) is 5.93. The minimum atomic E-state index is -0.826. The van der Waals surface area contributed by atoms with Crippen molar-refractivity contribution in [2.75, 3.05) is 0 Å². The molecule has 6 heteroatoms. The monoisotopic (exact) mass is 456 g/mol. The molecule has 1 aliphatic rings. The van der Waals surface area contributed by atoms with Gasteiger partial charge in [0, 0.05) is 15.4 Å². The first kappa shape index (κ1) is 23.6. The number of nitrogens with one attached hydrogen (secondary N) is 1. The molecule has 0 aromatic heterocycles. The summed E-state index contributed by atoms with van der Waals surface area (Å²) in [6.45, 7) is 6.08. The first-order chi connectivity index (χ1) is 11.5. The van der Waals surface area contributed by atoms with Gasteiger partial charge in [0.05, 0.1) is 0 Å². The summed E-state index contributed by atoms with van der Waals surface area (Å²) in [6, 6.07) is 18.1. The Bertz CT molecular complexity index is 566. The molecule has 1 N–H and O–H groups in total. The van der Waals surface area contributed by atoms with E-state index in [2.05, 4.69) is 55.6 Å². The molecule has 2 aromatic rings. The predicted molar refractivity (Wildman–Crippen MR) is 104 cm³/mol. The van der Waals surface area contributed by atoms with Crippen molar-refractivity contribution in [3.05, 3.63) is 65.4 Å². The van der Waals surface area contributed by atoms with Gasteiger partial charge >= 0.3 is 37.9 Å². The van der Waals surface area contributed by atoms with Crippen LogP contribution in [-0.4, -0.2) is 15.4 Å². The van der Waals surface area contributed by atoms with Gasteiger partial charge in [-0.2, -0.15) is 29.8 Å². The Hall–Kier alpha value is -0.410. The van der Waals surface area contributed by atoms with Crippen molar-refractivity contribution < 1.29 is 25.6 Å². The number of halogens is 2. The molecule has 3 rings (SSSR count). The van der Waals surface area contributed by atoms with E-state index in [-0.39, 0.29) is 0 Å². The molecule has 0 fully saturated rings. The third kappa shape index (κ3) is 9.17. The van der Waals surface area contributed by atoms with Gasteiger partial charge in [-0.05, 0) is 12.8 Å². The first-order valence-corrected chi connectivity index (χ1v) is 16.2. The molecule has 1 aliphatic carbocycles. The normalized spacial score (nSPS) is 9.38. The van der Waals surface area contributed by atoms with Gasteiger partial charge in [0.25, 0.3) is 0 Å².